The second-order valence-corrected chi connectivity index (χ2v) is 18.4. The maximum atomic E-state index is 12.8. The lowest BCUT2D eigenvalue weighted by Gasteiger charge is -2.18. The molecule has 0 rings (SSSR count). The summed E-state index contributed by atoms with van der Waals surface area (Å²) in [6.45, 7) is 7.48. The van der Waals surface area contributed by atoms with Crippen molar-refractivity contribution in [3.63, 3.8) is 0 Å². The monoisotopic (exact) mass is 967 g/mol. The first kappa shape index (κ1) is 66.0. The zero-order chi connectivity index (χ0) is 50.6. The van der Waals surface area contributed by atoms with E-state index in [1.807, 2.05) is 0 Å². The molecule has 5 nitrogen and oxygen atoms in total. The highest BCUT2D eigenvalue weighted by Gasteiger charge is 2.17. The number of ether oxygens (including phenoxy) is 3. The summed E-state index contributed by atoms with van der Waals surface area (Å²) in [5.41, 5.74) is 0. The van der Waals surface area contributed by atoms with Gasteiger partial charge >= 0.3 is 11.9 Å². The standard InChI is InChI=1S/C65H106O5/c1-4-7-10-13-16-19-22-25-28-30-32-34-36-39-42-45-48-51-54-57-60-68-61-63(70-65(67)59-56-53-50-47-44-41-37-27-24-21-18-15-12-9-6-3)62-69-64(66)58-55-52-49-46-43-40-38-35-33-31-29-26-23-20-17-14-11-8-5-2/h8-9,11-12,16-21,25-29,33,35,37,40,43-44,47,63H,4-7,10,13-15,22-24,30-32,34,36,38-39,41-42,45-46,48-62H2,1-3H3/b11-8-,12-9-,19-16-,20-17-,21-18-,28-25-,29-26-,35-33-,37-27-,43-40-,47-44-. The van der Waals surface area contributed by atoms with E-state index in [1.54, 1.807) is 0 Å². The highest BCUT2D eigenvalue weighted by atomic mass is 16.6. The Balaban J connectivity index is 4.41. The van der Waals surface area contributed by atoms with Crippen LogP contribution in [-0.2, 0) is 23.8 Å². The second-order valence-electron chi connectivity index (χ2n) is 18.4. The van der Waals surface area contributed by atoms with Crippen LogP contribution in [0.1, 0.15) is 239 Å². The number of rotatable bonds is 51. The van der Waals surface area contributed by atoms with Gasteiger partial charge in [0.15, 0.2) is 6.10 Å². The molecule has 0 aliphatic rings. The Kier molecular flexibility index (Phi) is 56.0. The van der Waals surface area contributed by atoms with E-state index >= 15 is 0 Å². The first-order chi connectivity index (χ1) is 34.6. The van der Waals surface area contributed by atoms with E-state index in [1.165, 1.54) is 83.5 Å². The topological polar surface area (TPSA) is 61.8 Å². The maximum Gasteiger partial charge on any atom is 0.306 e. The largest absolute Gasteiger partial charge is 0.462 e. The summed E-state index contributed by atoms with van der Waals surface area (Å²) < 4.78 is 17.4. The Morgan fingerprint density at radius 1 is 0.329 bits per heavy atom. The van der Waals surface area contributed by atoms with Crippen molar-refractivity contribution in [1.29, 1.82) is 0 Å². The number of carbonyl (C=O) groups is 2. The van der Waals surface area contributed by atoms with Crippen LogP contribution in [0.2, 0.25) is 0 Å². The Hall–Kier alpha value is -3.96. The molecular formula is C65H106O5. The quantitative estimate of drug-likeness (QED) is 0.0345. The van der Waals surface area contributed by atoms with Gasteiger partial charge in [0.25, 0.3) is 0 Å². The zero-order valence-electron chi connectivity index (χ0n) is 45.5. The molecule has 0 saturated carbocycles. The molecule has 0 amide bonds. The first-order valence-electron chi connectivity index (χ1n) is 28.7. The number of carbonyl (C=O) groups excluding carboxylic acids is 2. The van der Waals surface area contributed by atoms with Gasteiger partial charge in [-0.05, 0) is 135 Å². The Morgan fingerprint density at radius 3 is 1.06 bits per heavy atom. The molecule has 0 aromatic heterocycles. The van der Waals surface area contributed by atoms with Gasteiger partial charge in [-0.1, -0.05) is 225 Å². The van der Waals surface area contributed by atoms with E-state index in [9.17, 15) is 9.59 Å². The summed E-state index contributed by atoms with van der Waals surface area (Å²) >= 11 is 0. The molecule has 1 atom stereocenters. The molecule has 5 heteroatoms. The minimum atomic E-state index is -0.584. The minimum absolute atomic E-state index is 0.0418. The third-order valence-electron chi connectivity index (χ3n) is 11.7. The smallest absolute Gasteiger partial charge is 0.306 e. The second kappa shape index (κ2) is 59.3. The normalized spacial score (nSPS) is 13.2. The van der Waals surface area contributed by atoms with Crippen LogP contribution < -0.4 is 0 Å². The highest BCUT2D eigenvalue weighted by Crippen LogP contribution is 2.13. The summed E-state index contributed by atoms with van der Waals surface area (Å²) in [6, 6.07) is 0. The fraction of sp³-hybridized carbons (Fsp3) is 0.631. The Bertz CT molecular complexity index is 1470. The van der Waals surface area contributed by atoms with E-state index in [-0.39, 0.29) is 25.2 Å². The van der Waals surface area contributed by atoms with Gasteiger partial charge in [0, 0.05) is 19.4 Å². The van der Waals surface area contributed by atoms with E-state index in [2.05, 4.69) is 154 Å². The number of esters is 2. The Labute approximate surface area is 432 Å². The number of allylic oxidation sites excluding steroid dienone is 22. The van der Waals surface area contributed by atoms with Crippen molar-refractivity contribution in [3.05, 3.63) is 134 Å². The highest BCUT2D eigenvalue weighted by molar-refractivity contribution is 5.70. The summed E-state index contributed by atoms with van der Waals surface area (Å²) in [5.74, 6) is -0.490. The lowest BCUT2D eigenvalue weighted by Crippen LogP contribution is -2.30. The van der Waals surface area contributed by atoms with Gasteiger partial charge in [-0.2, -0.15) is 0 Å². The Morgan fingerprint density at radius 2 is 0.643 bits per heavy atom. The fourth-order valence-electron chi connectivity index (χ4n) is 7.44. The number of hydrogen-bond donors (Lipinski definition) is 0. The first-order valence-corrected chi connectivity index (χ1v) is 28.7. The molecule has 396 valence electrons. The summed E-state index contributed by atoms with van der Waals surface area (Å²) in [5, 5.41) is 0. The number of unbranched alkanes of at least 4 members (excludes halogenated alkanes) is 18. The molecule has 1 unspecified atom stereocenters. The van der Waals surface area contributed by atoms with E-state index in [0.29, 0.717) is 19.4 Å². The van der Waals surface area contributed by atoms with E-state index in [4.69, 9.17) is 14.2 Å². The van der Waals surface area contributed by atoms with Crippen LogP contribution in [0.25, 0.3) is 0 Å². The van der Waals surface area contributed by atoms with Gasteiger partial charge in [-0.3, -0.25) is 9.59 Å². The molecule has 0 radical (unpaired) electrons. The maximum absolute atomic E-state index is 12.8. The molecule has 0 spiro atoms. The van der Waals surface area contributed by atoms with Crippen molar-refractivity contribution >= 4 is 11.9 Å². The molecule has 0 aliphatic heterocycles. The van der Waals surface area contributed by atoms with Gasteiger partial charge < -0.3 is 14.2 Å². The van der Waals surface area contributed by atoms with E-state index < -0.39 is 6.10 Å². The van der Waals surface area contributed by atoms with Crippen LogP contribution in [0.15, 0.2) is 134 Å². The number of hydrogen-bond acceptors (Lipinski definition) is 5. The van der Waals surface area contributed by atoms with Crippen LogP contribution in [0.3, 0.4) is 0 Å². The summed E-state index contributed by atoms with van der Waals surface area (Å²) in [4.78, 5) is 25.5. The van der Waals surface area contributed by atoms with Crippen LogP contribution in [0.4, 0.5) is 0 Å². The molecule has 0 saturated heterocycles. The van der Waals surface area contributed by atoms with Crippen LogP contribution in [0, 0.1) is 0 Å². The van der Waals surface area contributed by atoms with Gasteiger partial charge in [-0.25, -0.2) is 0 Å². The predicted molar refractivity (Wildman–Crippen MR) is 306 cm³/mol. The molecule has 70 heavy (non-hydrogen) atoms. The third-order valence-corrected chi connectivity index (χ3v) is 11.7. The van der Waals surface area contributed by atoms with Crippen LogP contribution in [-0.4, -0.2) is 37.9 Å². The molecule has 0 aromatic rings. The summed E-state index contributed by atoms with van der Waals surface area (Å²) in [6.07, 6.45) is 84.8. The summed E-state index contributed by atoms with van der Waals surface area (Å²) in [7, 11) is 0. The lowest BCUT2D eigenvalue weighted by atomic mass is 10.1. The van der Waals surface area contributed by atoms with Crippen molar-refractivity contribution in [1.82, 2.24) is 0 Å². The van der Waals surface area contributed by atoms with Gasteiger partial charge in [0.1, 0.15) is 6.61 Å². The molecule has 0 aliphatic carbocycles. The zero-order valence-corrected chi connectivity index (χ0v) is 45.5. The van der Waals surface area contributed by atoms with Crippen molar-refractivity contribution in [2.24, 2.45) is 0 Å². The predicted octanol–water partition coefficient (Wildman–Crippen LogP) is 19.9. The van der Waals surface area contributed by atoms with Crippen LogP contribution >= 0.6 is 0 Å². The molecule has 0 N–H and O–H groups in total. The van der Waals surface area contributed by atoms with Crippen LogP contribution in [0.5, 0.6) is 0 Å². The molecule has 0 heterocycles. The SMILES string of the molecule is CC/C=C\C/C=C\C/C=C\C/C=C\C/C=C\CCCCCC(=O)OCC(COCCCCCCCCCCCC/C=C\C/C=C\CCCCC)OC(=O)CCCC/C=C\C/C=C\C/C=C\C/C=C\CC. The van der Waals surface area contributed by atoms with Gasteiger partial charge in [-0.15, -0.1) is 0 Å². The third kappa shape index (κ3) is 56.6. The average Bonchev–Trinajstić information content (AvgIpc) is 3.36. The fourth-order valence-corrected chi connectivity index (χ4v) is 7.44. The molecular weight excluding hydrogens is 861 g/mol. The van der Waals surface area contributed by atoms with Crippen molar-refractivity contribution in [2.45, 2.75) is 245 Å². The molecule has 0 bridgehead atoms. The van der Waals surface area contributed by atoms with Gasteiger partial charge in [0.2, 0.25) is 0 Å². The van der Waals surface area contributed by atoms with Crippen molar-refractivity contribution in [2.75, 3.05) is 19.8 Å². The minimum Gasteiger partial charge on any atom is -0.462 e. The van der Waals surface area contributed by atoms with Crippen molar-refractivity contribution in [3.8, 4) is 0 Å². The lowest BCUT2D eigenvalue weighted by molar-refractivity contribution is -0.163. The van der Waals surface area contributed by atoms with Crippen molar-refractivity contribution < 1.29 is 23.8 Å². The van der Waals surface area contributed by atoms with Gasteiger partial charge in [0.05, 0.1) is 6.61 Å². The molecule has 0 aromatic carbocycles. The van der Waals surface area contributed by atoms with E-state index in [0.717, 1.165) is 122 Å². The molecule has 0 fully saturated rings. The average molecular weight is 968 g/mol.